The van der Waals surface area contributed by atoms with Gasteiger partial charge in [0.2, 0.25) is 0 Å². The summed E-state index contributed by atoms with van der Waals surface area (Å²) in [6, 6.07) is 7.76. The zero-order valence-electron chi connectivity index (χ0n) is 17.1. The fraction of sp³-hybridized carbons (Fsp3) is 0.381. The number of pyridine rings is 1. The number of carbonyl (C=O) groups is 1. The van der Waals surface area contributed by atoms with E-state index in [0.29, 0.717) is 47.3 Å². The number of nitrogen functional groups attached to an aromatic ring is 1. The van der Waals surface area contributed by atoms with Crippen molar-refractivity contribution in [3.05, 3.63) is 29.3 Å². The number of ether oxygens (including phenoxy) is 1. The van der Waals surface area contributed by atoms with E-state index in [2.05, 4.69) is 11.0 Å². The summed E-state index contributed by atoms with van der Waals surface area (Å²) in [5.41, 5.74) is 6.94. The second kappa shape index (κ2) is 7.54. The summed E-state index contributed by atoms with van der Waals surface area (Å²) in [5, 5.41) is 10.1. The number of nitrogens with zero attached hydrogens (tertiary/aromatic N) is 4. The van der Waals surface area contributed by atoms with E-state index < -0.39 is 5.60 Å². The first-order valence-electron chi connectivity index (χ1n) is 9.66. The van der Waals surface area contributed by atoms with E-state index >= 15 is 0 Å². The van der Waals surface area contributed by atoms with Crippen molar-refractivity contribution < 1.29 is 13.9 Å². The Bertz CT molecular complexity index is 1120. The largest absolute Gasteiger partial charge is 0.464 e. The number of aromatic nitrogens is 1. The van der Waals surface area contributed by atoms with Crippen LogP contribution in [0.2, 0.25) is 0 Å². The van der Waals surface area contributed by atoms with E-state index in [1.54, 1.807) is 11.2 Å². The first-order valence-corrected chi connectivity index (χ1v) is 10.5. The number of rotatable bonds is 2. The molecule has 2 N–H and O–H groups in total. The molecule has 4 heterocycles. The number of fused-ring (bicyclic) bond motifs is 1. The third kappa shape index (κ3) is 3.78. The lowest BCUT2D eigenvalue weighted by molar-refractivity contribution is 0.0240. The fourth-order valence-corrected chi connectivity index (χ4v) is 4.34. The predicted molar refractivity (Wildman–Crippen MR) is 116 cm³/mol. The molecule has 0 aromatic carbocycles. The Hall–Kier alpha value is -3.25. The first-order chi connectivity index (χ1) is 14.3. The molecular weight excluding hydrogens is 402 g/mol. The number of thiophene rings is 1. The van der Waals surface area contributed by atoms with E-state index in [-0.39, 0.29) is 6.09 Å². The van der Waals surface area contributed by atoms with Crippen molar-refractivity contribution in [2.75, 3.05) is 36.8 Å². The molecule has 9 heteroatoms. The smallest absolute Gasteiger partial charge is 0.410 e. The lowest BCUT2D eigenvalue weighted by Gasteiger charge is -2.36. The normalized spacial score (nSPS) is 14.7. The van der Waals surface area contributed by atoms with Crippen LogP contribution in [0.4, 0.5) is 16.3 Å². The molecule has 0 radical (unpaired) electrons. The Morgan fingerprint density at radius 1 is 1.33 bits per heavy atom. The van der Waals surface area contributed by atoms with Crippen molar-refractivity contribution in [3.8, 4) is 17.4 Å². The Morgan fingerprint density at radius 2 is 2.07 bits per heavy atom. The average Bonchev–Trinajstić information content (AvgIpc) is 3.34. The van der Waals surface area contributed by atoms with Gasteiger partial charge in [-0.05, 0) is 39.0 Å². The van der Waals surface area contributed by atoms with Crippen molar-refractivity contribution in [1.29, 1.82) is 5.26 Å². The van der Waals surface area contributed by atoms with Crippen LogP contribution in [0.3, 0.4) is 0 Å². The maximum Gasteiger partial charge on any atom is 0.410 e. The number of furan rings is 1. The number of piperazine rings is 1. The fourth-order valence-electron chi connectivity index (χ4n) is 3.42. The molecule has 0 spiro atoms. The third-order valence-electron chi connectivity index (χ3n) is 4.83. The molecule has 8 nitrogen and oxygen atoms in total. The van der Waals surface area contributed by atoms with Gasteiger partial charge in [-0.3, -0.25) is 0 Å². The maximum atomic E-state index is 12.3. The van der Waals surface area contributed by atoms with E-state index in [1.807, 2.05) is 39.0 Å². The van der Waals surface area contributed by atoms with Gasteiger partial charge in [0.25, 0.3) is 0 Å². The van der Waals surface area contributed by atoms with E-state index in [9.17, 15) is 10.1 Å². The zero-order valence-corrected chi connectivity index (χ0v) is 18.0. The lowest BCUT2D eigenvalue weighted by atomic mass is 10.1. The molecule has 4 rings (SSSR count). The van der Waals surface area contributed by atoms with Crippen LogP contribution in [0.5, 0.6) is 0 Å². The standard InChI is InChI=1S/C21H23N5O3S/c1-21(2,3)29-20(27)26-8-6-25(7-9-26)16-11-13(14-5-4-10-28-14)17-18(23)15(12-22)30-19(17)24-16/h4-5,10-11H,6-9,23H2,1-3H3. The number of nitrogens with two attached hydrogens (primary N) is 1. The number of amides is 1. The molecule has 0 saturated carbocycles. The lowest BCUT2D eigenvalue weighted by Crippen LogP contribution is -2.50. The Kier molecular flexibility index (Phi) is 5.03. The summed E-state index contributed by atoms with van der Waals surface area (Å²) in [6.45, 7) is 7.92. The Morgan fingerprint density at radius 3 is 2.67 bits per heavy atom. The highest BCUT2D eigenvalue weighted by Gasteiger charge is 2.27. The van der Waals surface area contributed by atoms with Gasteiger partial charge in [-0.1, -0.05) is 0 Å². The Labute approximate surface area is 178 Å². The van der Waals surface area contributed by atoms with Gasteiger partial charge in [-0.15, -0.1) is 11.3 Å². The van der Waals surface area contributed by atoms with Crippen LogP contribution in [0.15, 0.2) is 28.9 Å². The van der Waals surface area contributed by atoms with Gasteiger partial charge in [-0.2, -0.15) is 5.26 Å². The minimum Gasteiger partial charge on any atom is -0.464 e. The van der Waals surface area contributed by atoms with Crippen LogP contribution < -0.4 is 10.6 Å². The topological polar surface area (TPSA) is 109 Å². The van der Waals surface area contributed by atoms with Gasteiger partial charge in [0, 0.05) is 37.1 Å². The summed E-state index contributed by atoms with van der Waals surface area (Å²) >= 11 is 1.28. The maximum absolute atomic E-state index is 12.3. The van der Waals surface area contributed by atoms with Gasteiger partial charge in [-0.25, -0.2) is 9.78 Å². The summed E-state index contributed by atoms with van der Waals surface area (Å²) < 4.78 is 11.1. The van der Waals surface area contributed by atoms with E-state index in [4.69, 9.17) is 19.9 Å². The van der Waals surface area contributed by atoms with Crippen LogP contribution >= 0.6 is 11.3 Å². The first kappa shape index (κ1) is 20.0. The average molecular weight is 426 g/mol. The molecule has 0 unspecified atom stereocenters. The third-order valence-corrected chi connectivity index (χ3v) is 5.83. The molecular formula is C21H23N5O3S. The minimum absolute atomic E-state index is 0.300. The van der Waals surface area contributed by atoms with Crippen molar-refractivity contribution in [2.45, 2.75) is 26.4 Å². The summed E-state index contributed by atoms with van der Waals surface area (Å²) in [4.78, 5) is 22.1. The van der Waals surface area contributed by atoms with Gasteiger partial charge >= 0.3 is 6.09 Å². The molecule has 0 atom stereocenters. The predicted octanol–water partition coefficient (Wildman–Crippen LogP) is 4.07. The molecule has 1 amide bonds. The molecule has 3 aromatic heterocycles. The molecule has 0 bridgehead atoms. The molecule has 1 saturated heterocycles. The summed E-state index contributed by atoms with van der Waals surface area (Å²) in [7, 11) is 0. The molecule has 30 heavy (non-hydrogen) atoms. The number of hydrogen-bond acceptors (Lipinski definition) is 8. The highest BCUT2D eigenvalue weighted by Crippen LogP contribution is 2.41. The molecule has 1 aliphatic heterocycles. The Balaban J connectivity index is 1.63. The van der Waals surface area contributed by atoms with E-state index in [0.717, 1.165) is 16.8 Å². The number of anilines is 2. The zero-order chi connectivity index (χ0) is 21.5. The van der Waals surface area contributed by atoms with Crippen molar-refractivity contribution in [3.63, 3.8) is 0 Å². The molecule has 1 fully saturated rings. The highest BCUT2D eigenvalue weighted by atomic mass is 32.1. The van der Waals surface area contributed by atoms with Gasteiger partial charge in [0.05, 0.1) is 12.0 Å². The van der Waals surface area contributed by atoms with Crippen LogP contribution in [0.25, 0.3) is 21.5 Å². The van der Waals surface area contributed by atoms with Gasteiger partial charge < -0.3 is 24.7 Å². The van der Waals surface area contributed by atoms with Crippen molar-refractivity contribution in [2.24, 2.45) is 0 Å². The molecule has 3 aromatic rings. The monoisotopic (exact) mass is 425 g/mol. The molecule has 0 aliphatic carbocycles. The second-order valence-corrected chi connectivity index (χ2v) is 9.10. The van der Waals surface area contributed by atoms with Crippen LogP contribution in [-0.2, 0) is 4.74 Å². The number of nitriles is 1. The van der Waals surface area contributed by atoms with Crippen LogP contribution in [0.1, 0.15) is 25.6 Å². The number of hydrogen-bond donors (Lipinski definition) is 1. The van der Waals surface area contributed by atoms with E-state index in [1.165, 1.54) is 11.3 Å². The van der Waals surface area contributed by atoms with Crippen molar-refractivity contribution >= 4 is 39.2 Å². The summed E-state index contributed by atoms with van der Waals surface area (Å²) in [5.74, 6) is 1.44. The number of carbonyl (C=O) groups excluding carboxylic acids is 1. The summed E-state index contributed by atoms with van der Waals surface area (Å²) in [6.07, 6.45) is 1.31. The SMILES string of the molecule is CC(C)(C)OC(=O)N1CCN(c2cc(-c3ccco3)c3c(N)c(C#N)sc3n2)CC1. The van der Waals surface area contributed by atoms with Crippen LogP contribution in [-0.4, -0.2) is 47.8 Å². The minimum atomic E-state index is -0.518. The quantitative estimate of drug-likeness (QED) is 0.659. The van der Waals surface area contributed by atoms with Gasteiger partial charge in [0.15, 0.2) is 0 Å². The van der Waals surface area contributed by atoms with Crippen LogP contribution in [0, 0.1) is 11.3 Å². The highest BCUT2D eigenvalue weighted by molar-refractivity contribution is 7.20. The van der Waals surface area contributed by atoms with Gasteiger partial charge in [0.1, 0.15) is 33.0 Å². The molecule has 1 aliphatic rings. The second-order valence-electron chi connectivity index (χ2n) is 8.10. The molecule has 156 valence electrons. The van der Waals surface area contributed by atoms with Crippen molar-refractivity contribution in [1.82, 2.24) is 9.88 Å².